The lowest BCUT2D eigenvalue weighted by molar-refractivity contribution is -0.132. The van der Waals surface area contributed by atoms with Crippen molar-refractivity contribution in [1.82, 2.24) is 0 Å². The van der Waals surface area contributed by atoms with Crippen LogP contribution in [0.2, 0.25) is 0 Å². The van der Waals surface area contributed by atoms with Crippen LogP contribution in [0.1, 0.15) is 0 Å². The molecule has 1 aromatic rings. The van der Waals surface area contributed by atoms with Crippen LogP contribution < -0.4 is 4.74 Å². The smallest absolute Gasteiger partial charge is 0.404 e. The topological polar surface area (TPSA) is 9.23 Å². The number of hydrogen-bond acceptors (Lipinski definition) is 1. The van der Waals surface area contributed by atoms with Gasteiger partial charge in [0.1, 0.15) is 17.2 Å². The van der Waals surface area contributed by atoms with E-state index in [9.17, 15) is 13.2 Å². The third-order valence-corrected chi connectivity index (χ3v) is 3.25. The Labute approximate surface area is 107 Å². The molecule has 1 unspecified atom stereocenters. The van der Waals surface area contributed by atoms with Gasteiger partial charge in [-0.1, -0.05) is 28.1 Å². The van der Waals surface area contributed by atoms with Crippen LogP contribution >= 0.6 is 38.5 Å². The molecule has 0 amide bonds. The summed E-state index contributed by atoms with van der Waals surface area (Å²) in [6.45, 7) is -0.427. The van der Waals surface area contributed by atoms with Crippen molar-refractivity contribution in [3.8, 4) is 5.75 Å². The van der Waals surface area contributed by atoms with E-state index in [1.807, 2.05) is 22.6 Å². The normalized spacial score (nSPS) is 13.7. The molecule has 84 valence electrons. The molecule has 0 bridgehead atoms. The van der Waals surface area contributed by atoms with E-state index in [2.05, 4.69) is 15.9 Å². The Hall–Kier alpha value is 0.0200. The van der Waals surface area contributed by atoms with Crippen LogP contribution in [0, 0.1) is 3.57 Å². The highest BCUT2D eigenvalue weighted by Gasteiger charge is 2.38. The Morgan fingerprint density at radius 1 is 1.33 bits per heavy atom. The van der Waals surface area contributed by atoms with Gasteiger partial charge in [0, 0.05) is 0 Å². The monoisotopic (exact) mass is 394 g/mol. The fraction of sp³-hybridized carbons (Fsp3) is 0.333. The standard InChI is InChI=1S/C9H7BrF3IO/c10-8(9(11,12)13)5-15-7-4-2-1-3-6(7)14/h1-4,8H,5H2. The van der Waals surface area contributed by atoms with E-state index in [1.54, 1.807) is 24.3 Å². The number of para-hydroxylation sites is 1. The lowest BCUT2D eigenvalue weighted by atomic mass is 10.3. The lowest BCUT2D eigenvalue weighted by Gasteiger charge is -2.15. The molecule has 1 aromatic carbocycles. The molecule has 6 heteroatoms. The Morgan fingerprint density at radius 3 is 2.47 bits per heavy atom. The van der Waals surface area contributed by atoms with Crippen LogP contribution in [0.3, 0.4) is 0 Å². The Kier molecular flexibility index (Phi) is 4.69. The summed E-state index contributed by atoms with van der Waals surface area (Å²) < 4.78 is 42.2. The zero-order chi connectivity index (χ0) is 11.5. The average molecular weight is 395 g/mol. The minimum absolute atomic E-state index is 0.427. The molecule has 1 atom stereocenters. The van der Waals surface area contributed by atoms with Gasteiger partial charge in [-0.2, -0.15) is 13.2 Å². The largest absolute Gasteiger partial charge is 0.491 e. The van der Waals surface area contributed by atoms with Crippen molar-refractivity contribution in [1.29, 1.82) is 0 Å². The molecule has 0 N–H and O–H groups in total. The average Bonchev–Trinajstić information content (AvgIpc) is 2.14. The van der Waals surface area contributed by atoms with Gasteiger partial charge in [-0.25, -0.2) is 0 Å². The maximum Gasteiger partial charge on any atom is 0.404 e. The van der Waals surface area contributed by atoms with Crippen LogP contribution in [-0.4, -0.2) is 17.6 Å². The summed E-state index contributed by atoms with van der Waals surface area (Å²) in [5, 5.41) is 0. The van der Waals surface area contributed by atoms with E-state index in [1.165, 1.54) is 0 Å². The molecule has 0 heterocycles. The van der Waals surface area contributed by atoms with Crippen LogP contribution in [0.4, 0.5) is 13.2 Å². The maximum absolute atomic E-state index is 12.1. The van der Waals surface area contributed by atoms with Crippen LogP contribution in [0.25, 0.3) is 0 Å². The van der Waals surface area contributed by atoms with Crippen molar-refractivity contribution in [3.63, 3.8) is 0 Å². The molecule has 0 aliphatic carbocycles. The van der Waals surface area contributed by atoms with E-state index in [0.29, 0.717) is 5.75 Å². The molecule has 0 aliphatic heterocycles. The third-order valence-electron chi connectivity index (χ3n) is 1.58. The molecule has 1 rings (SSSR count). The summed E-state index contributed by atoms with van der Waals surface area (Å²) in [6.07, 6.45) is -4.28. The first-order valence-corrected chi connectivity index (χ1v) is 5.99. The first-order valence-electron chi connectivity index (χ1n) is 3.99. The minimum atomic E-state index is -4.28. The van der Waals surface area contributed by atoms with Crippen molar-refractivity contribution in [2.45, 2.75) is 11.0 Å². The van der Waals surface area contributed by atoms with Crippen molar-refractivity contribution in [3.05, 3.63) is 27.8 Å². The molecule has 0 saturated heterocycles. The van der Waals surface area contributed by atoms with E-state index in [-0.39, 0.29) is 0 Å². The van der Waals surface area contributed by atoms with Gasteiger partial charge in [0.15, 0.2) is 0 Å². The summed E-state index contributed by atoms with van der Waals surface area (Å²) in [5.41, 5.74) is 0. The van der Waals surface area contributed by atoms with E-state index in [4.69, 9.17) is 4.74 Å². The zero-order valence-corrected chi connectivity index (χ0v) is 11.1. The summed E-state index contributed by atoms with van der Waals surface area (Å²) >= 11 is 4.53. The number of alkyl halides is 4. The quantitative estimate of drug-likeness (QED) is 0.556. The van der Waals surface area contributed by atoms with Gasteiger partial charge in [-0.15, -0.1) is 0 Å². The van der Waals surface area contributed by atoms with Crippen molar-refractivity contribution in [2.24, 2.45) is 0 Å². The van der Waals surface area contributed by atoms with Crippen molar-refractivity contribution in [2.75, 3.05) is 6.61 Å². The highest BCUT2D eigenvalue weighted by atomic mass is 127. The Morgan fingerprint density at radius 2 is 1.93 bits per heavy atom. The summed E-state index contributed by atoms with van der Waals surface area (Å²) in [6, 6.07) is 6.92. The van der Waals surface area contributed by atoms with Gasteiger partial charge in [0.05, 0.1) is 3.57 Å². The van der Waals surface area contributed by atoms with Crippen molar-refractivity contribution < 1.29 is 17.9 Å². The number of halogens is 5. The molecule has 0 saturated carbocycles. The second-order valence-corrected chi connectivity index (χ2v) is 5.02. The molecule has 0 spiro atoms. The van der Waals surface area contributed by atoms with E-state index < -0.39 is 17.6 Å². The minimum Gasteiger partial charge on any atom is -0.491 e. The van der Waals surface area contributed by atoms with Gasteiger partial charge in [-0.05, 0) is 34.7 Å². The van der Waals surface area contributed by atoms with Gasteiger partial charge in [-0.3, -0.25) is 0 Å². The van der Waals surface area contributed by atoms with E-state index in [0.717, 1.165) is 3.57 Å². The van der Waals surface area contributed by atoms with Gasteiger partial charge < -0.3 is 4.74 Å². The van der Waals surface area contributed by atoms with Crippen LogP contribution in [0.15, 0.2) is 24.3 Å². The fourth-order valence-electron chi connectivity index (χ4n) is 0.819. The fourth-order valence-corrected chi connectivity index (χ4v) is 1.49. The number of benzene rings is 1. The third kappa shape index (κ3) is 4.18. The second kappa shape index (κ2) is 5.38. The van der Waals surface area contributed by atoms with Gasteiger partial charge >= 0.3 is 6.18 Å². The molecule has 1 nitrogen and oxygen atoms in total. The molecule has 0 radical (unpaired) electrons. The SMILES string of the molecule is FC(F)(F)C(Br)COc1ccccc1I. The zero-order valence-electron chi connectivity index (χ0n) is 7.39. The first kappa shape index (κ1) is 13.1. The molecular formula is C9H7BrF3IO. The molecule has 0 fully saturated rings. The lowest BCUT2D eigenvalue weighted by Crippen LogP contribution is -2.28. The predicted octanol–water partition coefficient (Wildman–Crippen LogP) is 4.00. The van der Waals surface area contributed by atoms with Crippen molar-refractivity contribution >= 4 is 38.5 Å². The summed E-state index contributed by atoms with van der Waals surface area (Å²) in [5.74, 6) is 0.465. The van der Waals surface area contributed by atoms with Crippen LogP contribution in [0.5, 0.6) is 5.75 Å². The van der Waals surface area contributed by atoms with E-state index >= 15 is 0 Å². The number of hydrogen-bond donors (Lipinski definition) is 0. The van der Waals surface area contributed by atoms with Gasteiger partial charge in [0.2, 0.25) is 0 Å². The Bertz CT molecular complexity index is 329. The summed E-state index contributed by atoms with van der Waals surface area (Å²) in [7, 11) is 0. The highest BCUT2D eigenvalue weighted by molar-refractivity contribution is 14.1. The molecule has 15 heavy (non-hydrogen) atoms. The number of rotatable bonds is 3. The first-order chi connectivity index (χ1) is 6.91. The second-order valence-electron chi connectivity index (χ2n) is 2.75. The molecule has 0 aromatic heterocycles. The maximum atomic E-state index is 12.1. The summed E-state index contributed by atoms with van der Waals surface area (Å²) in [4.78, 5) is -1.64. The molecule has 0 aliphatic rings. The highest BCUT2D eigenvalue weighted by Crippen LogP contribution is 2.28. The number of ether oxygens (including phenoxy) is 1. The van der Waals surface area contributed by atoms with Crippen LogP contribution in [-0.2, 0) is 0 Å². The Balaban J connectivity index is 2.55. The molecular weight excluding hydrogens is 388 g/mol. The van der Waals surface area contributed by atoms with Gasteiger partial charge in [0.25, 0.3) is 0 Å². The predicted molar refractivity (Wildman–Crippen MR) is 63.4 cm³/mol.